The highest BCUT2D eigenvalue weighted by molar-refractivity contribution is 14.1. The number of halogens is 1. The van der Waals surface area contributed by atoms with Gasteiger partial charge in [-0.1, -0.05) is 61.6 Å². The van der Waals surface area contributed by atoms with E-state index in [2.05, 4.69) is 29.5 Å². The van der Waals surface area contributed by atoms with Crippen LogP contribution in [-0.4, -0.2) is 4.43 Å². The third-order valence-corrected chi connectivity index (χ3v) is 6.51. The minimum Gasteiger partial charge on any atom is -0.0857 e. The molecular formula is C13H23I. The molecule has 2 rings (SSSR count). The Labute approximate surface area is 102 Å². The maximum absolute atomic E-state index is 2.66. The largest absolute Gasteiger partial charge is 0.0857 e. The maximum Gasteiger partial charge on any atom is 0.00572 e. The van der Waals surface area contributed by atoms with Crippen LogP contribution >= 0.6 is 22.6 Å². The number of hydrogen-bond acceptors (Lipinski definition) is 0. The normalized spacial score (nSPS) is 30.4. The van der Waals surface area contributed by atoms with Crippen molar-refractivity contribution in [2.24, 2.45) is 10.8 Å². The predicted molar refractivity (Wildman–Crippen MR) is 71.0 cm³/mol. The summed E-state index contributed by atoms with van der Waals surface area (Å²) in [6, 6.07) is 0. The van der Waals surface area contributed by atoms with E-state index in [-0.39, 0.29) is 0 Å². The van der Waals surface area contributed by atoms with Gasteiger partial charge in [-0.25, -0.2) is 0 Å². The summed E-state index contributed by atoms with van der Waals surface area (Å²) >= 11 is 2.66. The van der Waals surface area contributed by atoms with Crippen LogP contribution in [0.25, 0.3) is 0 Å². The molecule has 2 aliphatic carbocycles. The molecule has 0 radical (unpaired) electrons. The summed E-state index contributed by atoms with van der Waals surface area (Å²) in [5.74, 6) is 0. The van der Waals surface area contributed by atoms with Crippen LogP contribution in [0.5, 0.6) is 0 Å². The molecule has 0 amide bonds. The SMILES string of the molecule is CC1(C2(CI)CCCCC2)CCCC1. The van der Waals surface area contributed by atoms with E-state index in [0.29, 0.717) is 5.41 Å². The van der Waals surface area contributed by atoms with E-state index in [1.165, 1.54) is 62.2 Å². The van der Waals surface area contributed by atoms with Crippen molar-refractivity contribution in [1.29, 1.82) is 0 Å². The molecule has 0 nitrogen and oxygen atoms in total. The van der Waals surface area contributed by atoms with Crippen LogP contribution in [0.3, 0.4) is 0 Å². The van der Waals surface area contributed by atoms with Gasteiger partial charge in [0, 0.05) is 4.43 Å². The molecule has 0 saturated heterocycles. The Bertz CT molecular complexity index is 185. The predicted octanol–water partition coefficient (Wildman–Crippen LogP) is 4.95. The lowest BCUT2D eigenvalue weighted by Crippen LogP contribution is -2.41. The molecule has 1 heteroatoms. The first kappa shape index (κ1) is 11.2. The van der Waals surface area contributed by atoms with Crippen LogP contribution in [-0.2, 0) is 0 Å². The molecule has 0 N–H and O–H groups in total. The lowest BCUT2D eigenvalue weighted by Gasteiger charge is -2.49. The van der Waals surface area contributed by atoms with E-state index in [1.54, 1.807) is 0 Å². The molecule has 0 aromatic carbocycles. The van der Waals surface area contributed by atoms with E-state index in [1.807, 2.05) is 0 Å². The summed E-state index contributed by atoms with van der Waals surface area (Å²) in [5.41, 5.74) is 1.43. The van der Waals surface area contributed by atoms with Gasteiger partial charge in [0.2, 0.25) is 0 Å². The molecule has 2 saturated carbocycles. The van der Waals surface area contributed by atoms with E-state index in [0.717, 1.165) is 5.41 Å². The Morgan fingerprint density at radius 2 is 1.36 bits per heavy atom. The summed E-state index contributed by atoms with van der Waals surface area (Å²) in [7, 11) is 0. The van der Waals surface area contributed by atoms with Crippen LogP contribution in [0.1, 0.15) is 64.7 Å². The molecule has 0 heterocycles. The van der Waals surface area contributed by atoms with Gasteiger partial charge in [0.25, 0.3) is 0 Å². The summed E-state index contributed by atoms with van der Waals surface area (Å²) in [6.07, 6.45) is 13.5. The van der Waals surface area contributed by atoms with Crippen molar-refractivity contribution in [3.63, 3.8) is 0 Å². The van der Waals surface area contributed by atoms with Gasteiger partial charge in [-0.2, -0.15) is 0 Å². The molecule has 0 bridgehead atoms. The number of hydrogen-bond donors (Lipinski definition) is 0. The average Bonchev–Trinajstić information content (AvgIpc) is 2.68. The molecular weight excluding hydrogens is 283 g/mol. The number of rotatable bonds is 2. The third-order valence-electron chi connectivity index (χ3n) is 5.05. The Balaban J connectivity index is 2.16. The molecule has 2 aliphatic rings. The highest BCUT2D eigenvalue weighted by Crippen LogP contribution is 2.58. The second kappa shape index (κ2) is 4.31. The van der Waals surface area contributed by atoms with E-state index in [9.17, 15) is 0 Å². The molecule has 0 spiro atoms. The van der Waals surface area contributed by atoms with Crippen molar-refractivity contribution in [3.8, 4) is 0 Å². The fraction of sp³-hybridized carbons (Fsp3) is 1.00. The Morgan fingerprint density at radius 1 is 0.857 bits per heavy atom. The lowest BCUT2D eigenvalue weighted by atomic mass is 9.58. The van der Waals surface area contributed by atoms with E-state index in [4.69, 9.17) is 0 Å². The third kappa shape index (κ3) is 1.74. The van der Waals surface area contributed by atoms with Crippen LogP contribution in [0, 0.1) is 10.8 Å². The van der Waals surface area contributed by atoms with Crippen LogP contribution in [0.2, 0.25) is 0 Å². The Kier molecular flexibility index (Phi) is 3.45. The van der Waals surface area contributed by atoms with Gasteiger partial charge in [0.05, 0.1) is 0 Å². The summed E-state index contributed by atoms with van der Waals surface area (Å²) in [4.78, 5) is 0. The fourth-order valence-corrected chi connectivity index (χ4v) is 5.50. The molecule has 0 atom stereocenters. The zero-order valence-electron chi connectivity index (χ0n) is 9.45. The standard InChI is InChI=1S/C13H23I/c1-12(7-5-6-8-12)13(11-14)9-3-2-4-10-13/h2-11H2,1H3. The topological polar surface area (TPSA) is 0 Å². The zero-order chi connectivity index (χ0) is 10.1. The van der Waals surface area contributed by atoms with Gasteiger partial charge < -0.3 is 0 Å². The molecule has 82 valence electrons. The van der Waals surface area contributed by atoms with Gasteiger partial charge in [0.15, 0.2) is 0 Å². The summed E-state index contributed by atoms with van der Waals surface area (Å²) in [6.45, 7) is 2.59. The summed E-state index contributed by atoms with van der Waals surface area (Å²) in [5, 5.41) is 0. The van der Waals surface area contributed by atoms with Crippen molar-refractivity contribution < 1.29 is 0 Å². The van der Waals surface area contributed by atoms with Gasteiger partial charge in [-0.3, -0.25) is 0 Å². The van der Waals surface area contributed by atoms with Crippen molar-refractivity contribution in [2.45, 2.75) is 64.7 Å². The van der Waals surface area contributed by atoms with Crippen molar-refractivity contribution in [2.75, 3.05) is 4.43 Å². The molecule has 2 fully saturated rings. The Hall–Kier alpha value is 0.730. The van der Waals surface area contributed by atoms with Crippen molar-refractivity contribution >= 4 is 22.6 Å². The average molecular weight is 306 g/mol. The highest BCUT2D eigenvalue weighted by atomic mass is 127. The molecule has 0 aromatic heterocycles. The molecule has 0 aromatic rings. The van der Waals surface area contributed by atoms with E-state index < -0.39 is 0 Å². The van der Waals surface area contributed by atoms with Crippen LogP contribution < -0.4 is 0 Å². The first-order valence-electron chi connectivity index (χ1n) is 6.29. The van der Waals surface area contributed by atoms with E-state index >= 15 is 0 Å². The minimum absolute atomic E-state index is 0.703. The zero-order valence-corrected chi connectivity index (χ0v) is 11.6. The van der Waals surface area contributed by atoms with Gasteiger partial charge in [0.1, 0.15) is 0 Å². The highest BCUT2D eigenvalue weighted by Gasteiger charge is 2.48. The summed E-state index contributed by atoms with van der Waals surface area (Å²) < 4.78 is 1.40. The van der Waals surface area contributed by atoms with Crippen molar-refractivity contribution in [1.82, 2.24) is 0 Å². The van der Waals surface area contributed by atoms with Crippen LogP contribution in [0.15, 0.2) is 0 Å². The van der Waals surface area contributed by atoms with Crippen molar-refractivity contribution in [3.05, 3.63) is 0 Å². The van der Waals surface area contributed by atoms with Gasteiger partial charge in [-0.05, 0) is 36.5 Å². The first-order chi connectivity index (χ1) is 6.72. The molecule has 14 heavy (non-hydrogen) atoms. The fourth-order valence-electron chi connectivity index (χ4n) is 3.81. The Morgan fingerprint density at radius 3 is 1.86 bits per heavy atom. The number of alkyl halides is 1. The monoisotopic (exact) mass is 306 g/mol. The van der Waals surface area contributed by atoms with Crippen LogP contribution in [0.4, 0.5) is 0 Å². The second-order valence-electron chi connectivity index (χ2n) is 5.74. The lowest BCUT2D eigenvalue weighted by molar-refractivity contribution is 0.0416. The van der Waals surface area contributed by atoms with Gasteiger partial charge in [-0.15, -0.1) is 0 Å². The van der Waals surface area contributed by atoms with Gasteiger partial charge >= 0.3 is 0 Å². The quantitative estimate of drug-likeness (QED) is 0.500. The maximum atomic E-state index is 2.66. The first-order valence-corrected chi connectivity index (χ1v) is 7.81. The smallest absolute Gasteiger partial charge is 0.00572 e. The molecule has 0 unspecified atom stereocenters. The second-order valence-corrected chi connectivity index (χ2v) is 6.51. The minimum atomic E-state index is 0.703. The molecule has 0 aliphatic heterocycles.